The second-order valence-corrected chi connectivity index (χ2v) is 3.94. The predicted octanol–water partition coefficient (Wildman–Crippen LogP) is 2.17. The minimum atomic E-state index is -0.512. The quantitative estimate of drug-likeness (QED) is 0.587. The van der Waals surface area contributed by atoms with Crippen LogP contribution >= 0.6 is 0 Å². The van der Waals surface area contributed by atoms with Crippen LogP contribution in [0.25, 0.3) is 0 Å². The Kier molecular flexibility index (Phi) is 6.36. The SMILES string of the molecule is COC(C)(CCCC(C)(OC)OC)OC. The van der Waals surface area contributed by atoms with E-state index in [0.717, 1.165) is 19.3 Å². The minimum absolute atomic E-state index is 0.512. The molecule has 0 amide bonds. The Morgan fingerprint density at radius 2 is 0.933 bits per heavy atom. The molecule has 0 radical (unpaired) electrons. The van der Waals surface area contributed by atoms with E-state index in [2.05, 4.69) is 0 Å². The van der Waals surface area contributed by atoms with E-state index in [1.807, 2.05) is 13.8 Å². The summed E-state index contributed by atoms with van der Waals surface area (Å²) in [7, 11) is 6.59. The summed E-state index contributed by atoms with van der Waals surface area (Å²) in [6.45, 7) is 3.84. The third kappa shape index (κ3) is 4.93. The van der Waals surface area contributed by atoms with Crippen molar-refractivity contribution in [1.82, 2.24) is 0 Å². The Hall–Kier alpha value is -0.160. The molecule has 0 saturated carbocycles. The fraction of sp³-hybridized carbons (Fsp3) is 1.00. The van der Waals surface area contributed by atoms with E-state index in [0.29, 0.717) is 0 Å². The van der Waals surface area contributed by atoms with Crippen LogP contribution < -0.4 is 0 Å². The van der Waals surface area contributed by atoms with Gasteiger partial charge >= 0.3 is 0 Å². The van der Waals surface area contributed by atoms with Crippen LogP contribution in [0.5, 0.6) is 0 Å². The van der Waals surface area contributed by atoms with E-state index < -0.39 is 11.6 Å². The first kappa shape index (κ1) is 14.8. The maximum absolute atomic E-state index is 5.27. The van der Waals surface area contributed by atoms with E-state index in [4.69, 9.17) is 18.9 Å². The molecule has 0 saturated heterocycles. The fourth-order valence-electron chi connectivity index (χ4n) is 1.31. The van der Waals surface area contributed by atoms with Crippen molar-refractivity contribution in [2.24, 2.45) is 0 Å². The summed E-state index contributed by atoms with van der Waals surface area (Å²) in [5.74, 6) is -1.02. The molecular formula is C11H24O4. The number of methoxy groups -OCH3 is 4. The van der Waals surface area contributed by atoms with E-state index in [-0.39, 0.29) is 0 Å². The first-order valence-electron chi connectivity index (χ1n) is 5.16. The molecule has 0 aromatic carbocycles. The van der Waals surface area contributed by atoms with Gasteiger partial charge in [0.15, 0.2) is 11.6 Å². The van der Waals surface area contributed by atoms with Crippen LogP contribution in [0.15, 0.2) is 0 Å². The summed E-state index contributed by atoms with van der Waals surface area (Å²) in [6.07, 6.45) is 2.53. The Bertz CT molecular complexity index is 144. The molecule has 0 aromatic rings. The second-order valence-electron chi connectivity index (χ2n) is 3.94. The highest BCUT2D eigenvalue weighted by molar-refractivity contribution is 4.67. The molecule has 0 spiro atoms. The van der Waals surface area contributed by atoms with Gasteiger partial charge in [0.2, 0.25) is 0 Å². The average molecular weight is 220 g/mol. The zero-order valence-corrected chi connectivity index (χ0v) is 10.8. The molecule has 15 heavy (non-hydrogen) atoms. The summed E-state index contributed by atoms with van der Waals surface area (Å²) >= 11 is 0. The highest BCUT2D eigenvalue weighted by Gasteiger charge is 2.26. The summed E-state index contributed by atoms with van der Waals surface area (Å²) < 4.78 is 21.1. The lowest BCUT2D eigenvalue weighted by molar-refractivity contribution is -0.214. The maximum Gasteiger partial charge on any atom is 0.164 e. The molecule has 0 rings (SSSR count). The Balaban J connectivity index is 3.96. The third-order valence-corrected chi connectivity index (χ3v) is 2.99. The molecular weight excluding hydrogens is 196 g/mol. The van der Waals surface area contributed by atoms with Crippen LogP contribution in [-0.2, 0) is 18.9 Å². The van der Waals surface area contributed by atoms with E-state index in [9.17, 15) is 0 Å². The highest BCUT2D eigenvalue weighted by Crippen LogP contribution is 2.24. The molecule has 0 fully saturated rings. The monoisotopic (exact) mass is 220 g/mol. The van der Waals surface area contributed by atoms with Crippen molar-refractivity contribution in [2.45, 2.75) is 44.7 Å². The lowest BCUT2D eigenvalue weighted by Crippen LogP contribution is -2.33. The van der Waals surface area contributed by atoms with Gasteiger partial charge in [0.05, 0.1) is 0 Å². The average Bonchev–Trinajstić information content (AvgIpc) is 2.28. The number of hydrogen-bond acceptors (Lipinski definition) is 4. The van der Waals surface area contributed by atoms with Gasteiger partial charge in [-0.05, 0) is 20.3 Å². The molecule has 92 valence electrons. The highest BCUT2D eigenvalue weighted by atomic mass is 16.7. The summed E-state index contributed by atoms with van der Waals surface area (Å²) in [5, 5.41) is 0. The molecule has 0 aliphatic rings. The molecule has 4 heteroatoms. The lowest BCUT2D eigenvalue weighted by Gasteiger charge is -2.30. The molecule has 0 aromatic heterocycles. The van der Waals surface area contributed by atoms with Crippen molar-refractivity contribution < 1.29 is 18.9 Å². The smallest absolute Gasteiger partial charge is 0.164 e. The van der Waals surface area contributed by atoms with Crippen LogP contribution in [0.1, 0.15) is 33.1 Å². The first-order valence-corrected chi connectivity index (χ1v) is 5.16. The topological polar surface area (TPSA) is 36.9 Å². The standard InChI is InChI=1S/C11H24O4/c1-10(12-3,13-4)8-7-9-11(2,14-5)15-6/h7-9H2,1-6H3. The van der Waals surface area contributed by atoms with Gasteiger partial charge in [0.25, 0.3) is 0 Å². The Morgan fingerprint density at radius 3 is 1.13 bits per heavy atom. The van der Waals surface area contributed by atoms with Gasteiger partial charge in [0.1, 0.15) is 0 Å². The number of rotatable bonds is 8. The van der Waals surface area contributed by atoms with Gasteiger partial charge in [0, 0.05) is 41.3 Å². The van der Waals surface area contributed by atoms with Crippen LogP contribution in [0.2, 0.25) is 0 Å². The van der Waals surface area contributed by atoms with Crippen molar-refractivity contribution in [1.29, 1.82) is 0 Å². The maximum atomic E-state index is 5.27. The van der Waals surface area contributed by atoms with Crippen molar-refractivity contribution in [3.8, 4) is 0 Å². The molecule has 0 unspecified atom stereocenters. The first-order chi connectivity index (χ1) is 6.95. The zero-order valence-electron chi connectivity index (χ0n) is 10.8. The van der Waals surface area contributed by atoms with Crippen molar-refractivity contribution in [3.63, 3.8) is 0 Å². The van der Waals surface area contributed by atoms with Crippen molar-refractivity contribution >= 4 is 0 Å². The predicted molar refractivity (Wildman–Crippen MR) is 58.7 cm³/mol. The second kappa shape index (κ2) is 6.43. The van der Waals surface area contributed by atoms with Crippen LogP contribution in [-0.4, -0.2) is 40.0 Å². The van der Waals surface area contributed by atoms with Gasteiger partial charge in [-0.3, -0.25) is 0 Å². The summed E-state index contributed by atoms with van der Waals surface area (Å²) in [6, 6.07) is 0. The van der Waals surface area contributed by atoms with Gasteiger partial charge in [-0.15, -0.1) is 0 Å². The van der Waals surface area contributed by atoms with Gasteiger partial charge in [-0.2, -0.15) is 0 Å². The Morgan fingerprint density at radius 1 is 0.667 bits per heavy atom. The van der Waals surface area contributed by atoms with Crippen LogP contribution in [0, 0.1) is 0 Å². The number of hydrogen-bond donors (Lipinski definition) is 0. The molecule has 0 atom stereocenters. The third-order valence-electron chi connectivity index (χ3n) is 2.99. The molecule has 0 aliphatic heterocycles. The van der Waals surface area contributed by atoms with Crippen molar-refractivity contribution in [3.05, 3.63) is 0 Å². The minimum Gasteiger partial charge on any atom is -0.353 e. The van der Waals surface area contributed by atoms with Crippen LogP contribution in [0.4, 0.5) is 0 Å². The largest absolute Gasteiger partial charge is 0.353 e. The molecule has 0 bridgehead atoms. The number of ether oxygens (including phenoxy) is 4. The van der Waals surface area contributed by atoms with E-state index in [1.165, 1.54) is 0 Å². The van der Waals surface area contributed by atoms with Gasteiger partial charge in [-0.25, -0.2) is 0 Å². The Labute approximate surface area is 92.8 Å². The molecule has 0 heterocycles. The summed E-state index contributed by atoms with van der Waals surface area (Å²) in [4.78, 5) is 0. The van der Waals surface area contributed by atoms with E-state index in [1.54, 1.807) is 28.4 Å². The van der Waals surface area contributed by atoms with E-state index >= 15 is 0 Å². The zero-order chi connectivity index (χ0) is 11.9. The van der Waals surface area contributed by atoms with Gasteiger partial charge in [-0.1, -0.05) is 0 Å². The molecule has 4 nitrogen and oxygen atoms in total. The van der Waals surface area contributed by atoms with Gasteiger partial charge < -0.3 is 18.9 Å². The van der Waals surface area contributed by atoms with Crippen molar-refractivity contribution in [2.75, 3.05) is 28.4 Å². The normalized spacial score (nSPS) is 13.2. The molecule has 0 aliphatic carbocycles. The fourth-order valence-corrected chi connectivity index (χ4v) is 1.31. The van der Waals surface area contributed by atoms with Crippen LogP contribution in [0.3, 0.4) is 0 Å². The molecule has 0 N–H and O–H groups in total. The lowest BCUT2D eigenvalue weighted by atomic mass is 10.1. The summed E-state index contributed by atoms with van der Waals surface area (Å²) in [5.41, 5.74) is 0.